The SMILES string of the molecule is CC(=NNC(=O)C(C)Oc1ccc(Cl)cc1Cl)c1ccco1. The van der Waals surface area contributed by atoms with Crippen molar-refractivity contribution in [2.45, 2.75) is 20.0 Å². The second-order valence-electron chi connectivity index (χ2n) is 4.49. The summed E-state index contributed by atoms with van der Waals surface area (Å²) >= 11 is 11.8. The number of hydrazone groups is 1. The number of halogens is 2. The van der Waals surface area contributed by atoms with Crippen molar-refractivity contribution < 1.29 is 13.9 Å². The first-order chi connectivity index (χ1) is 10.5. The monoisotopic (exact) mass is 340 g/mol. The van der Waals surface area contributed by atoms with E-state index in [9.17, 15) is 4.79 Å². The number of furan rings is 1. The molecular formula is C15H14Cl2N2O3. The highest BCUT2D eigenvalue weighted by Gasteiger charge is 2.16. The zero-order valence-electron chi connectivity index (χ0n) is 12.0. The van der Waals surface area contributed by atoms with E-state index in [-0.39, 0.29) is 0 Å². The Morgan fingerprint density at radius 3 is 2.77 bits per heavy atom. The van der Waals surface area contributed by atoms with Crippen LogP contribution in [0.2, 0.25) is 10.0 Å². The van der Waals surface area contributed by atoms with Crippen LogP contribution in [0.25, 0.3) is 0 Å². The van der Waals surface area contributed by atoms with Gasteiger partial charge in [-0.25, -0.2) is 5.43 Å². The molecule has 116 valence electrons. The Kier molecular flexibility index (Phi) is 5.46. The fraction of sp³-hybridized carbons (Fsp3) is 0.200. The number of hydrogen-bond donors (Lipinski definition) is 1. The van der Waals surface area contributed by atoms with Crippen molar-refractivity contribution in [3.8, 4) is 5.75 Å². The van der Waals surface area contributed by atoms with Crippen LogP contribution >= 0.6 is 23.2 Å². The van der Waals surface area contributed by atoms with Crippen LogP contribution in [0.3, 0.4) is 0 Å². The molecule has 1 unspecified atom stereocenters. The molecule has 0 aliphatic heterocycles. The highest BCUT2D eigenvalue weighted by Crippen LogP contribution is 2.28. The molecule has 0 radical (unpaired) electrons. The molecule has 22 heavy (non-hydrogen) atoms. The Hall–Kier alpha value is -1.98. The van der Waals surface area contributed by atoms with Gasteiger partial charge in [0.25, 0.3) is 5.91 Å². The van der Waals surface area contributed by atoms with Crippen molar-refractivity contribution in [3.05, 3.63) is 52.4 Å². The summed E-state index contributed by atoms with van der Waals surface area (Å²) in [5, 5.41) is 4.78. The lowest BCUT2D eigenvalue weighted by atomic mass is 10.3. The second kappa shape index (κ2) is 7.33. The molecule has 1 heterocycles. The molecule has 1 aromatic heterocycles. The van der Waals surface area contributed by atoms with E-state index >= 15 is 0 Å². The predicted molar refractivity (Wildman–Crippen MR) is 85.6 cm³/mol. The molecule has 0 saturated heterocycles. The van der Waals surface area contributed by atoms with Gasteiger partial charge in [-0.3, -0.25) is 4.79 Å². The standard InChI is InChI=1S/C15H14Cl2N2O3/c1-9(13-4-3-7-21-13)18-19-15(20)10(2)22-14-6-5-11(16)8-12(14)17/h3-8,10H,1-2H3,(H,19,20). The van der Waals surface area contributed by atoms with E-state index in [1.54, 1.807) is 44.2 Å². The molecule has 0 fully saturated rings. The van der Waals surface area contributed by atoms with Crippen LogP contribution in [-0.4, -0.2) is 17.7 Å². The second-order valence-corrected chi connectivity index (χ2v) is 5.33. The Balaban J connectivity index is 1.96. The number of benzene rings is 1. The van der Waals surface area contributed by atoms with Crippen molar-refractivity contribution in [3.63, 3.8) is 0 Å². The maximum atomic E-state index is 12.0. The molecule has 1 aromatic carbocycles. The number of ether oxygens (including phenoxy) is 1. The topological polar surface area (TPSA) is 63.8 Å². The molecule has 0 saturated carbocycles. The van der Waals surface area contributed by atoms with Gasteiger partial charge in [0.05, 0.1) is 11.3 Å². The summed E-state index contributed by atoms with van der Waals surface area (Å²) in [5.74, 6) is 0.548. The average Bonchev–Trinajstić information content (AvgIpc) is 3.01. The van der Waals surface area contributed by atoms with Crippen molar-refractivity contribution >= 4 is 34.8 Å². The van der Waals surface area contributed by atoms with Crippen molar-refractivity contribution in [2.75, 3.05) is 0 Å². The van der Waals surface area contributed by atoms with Gasteiger partial charge in [-0.15, -0.1) is 0 Å². The van der Waals surface area contributed by atoms with E-state index in [2.05, 4.69) is 10.5 Å². The number of nitrogens with zero attached hydrogens (tertiary/aromatic N) is 1. The Morgan fingerprint density at radius 1 is 1.36 bits per heavy atom. The molecule has 0 aliphatic carbocycles. The summed E-state index contributed by atoms with van der Waals surface area (Å²) in [5.41, 5.74) is 2.97. The number of carbonyl (C=O) groups excluding carboxylic acids is 1. The van der Waals surface area contributed by atoms with Gasteiger partial charge in [0.15, 0.2) is 6.10 Å². The third-order valence-corrected chi connectivity index (χ3v) is 3.31. The molecule has 1 N–H and O–H groups in total. The van der Waals surface area contributed by atoms with Gasteiger partial charge in [0, 0.05) is 5.02 Å². The fourth-order valence-corrected chi connectivity index (χ4v) is 2.04. The molecule has 0 bridgehead atoms. The van der Waals surface area contributed by atoms with Crippen molar-refractivity contribution in [1.29, 1.82) is 0 Å². The minimum Gasteiger partial charge on any atom is -0.479 e. The highest BCUT2D eigenvalue weighted by atomic mass is 35.5. The molecular weight excluding hydrogens is 327 g/mol. The van der Waals surface area contributed by atoms with Gasteiger partial charge >= 0.3 is 0 Å². The normalized spacial score (nSPS) is 12.8. The van der Waals surface area contributed by atoms with E-state index < -0.39 is 12.0 Å². The number of rotatable bonds is 5. The molecule has 1 atom stereocenters. The average molecular weight is 341 g/mol. The number of nitrogens with one attached hydrogen (secondary N) is 1. The molecule has 2 aromatic rings. The van der Waals surface area contributed by atoms with E-state index in [0.29, 0.717) is 27.3 Å². The van der Waals surface area contributed by atoms with Gasteiger partial charge in [-0.1, -0.05) is 23.2 Å². The van der Waals surface area contributed by atoms with Crippen molar-refractivity contribution in [2.24, 2.45) is 5.10 Å². The summed E-state index contributed by atoms with van der Waals surface area (Å²) < 4.78 is 10.7. The number of amides is 1. The van der Waals surface area contributed by atoms with Crippen molar-refractivity contribution in [1.82, 2.24) is 5.43 Å². The summed E-state index contributed by atoms with van der Waals surface area (Å²) in [6.45, 7) is 3.32. The zero-order valence-corrected chi connectivity index (χ0v) is 13.5. The third-order valence-electron chi connectivity index (χ3n) is 2.78. The molecule has 0 aliphatic rings. The highest BCUT2D eigenvalue weighted by molar-refractivity contribution is 6.35. The van der Waals surface area contributed by atoms with Crippen LogP contribution in [0.4, 0.5) is 0 Å². The lowest BCUT2D eigenvalue weighted by Gasteiger charge is -2.14. The minimum atomic E-state index is -0.771. The Morgan fingerprint density at radius 2 is 2.14 bits per heavy atom. The smallest absolute Gasteiger partial charge is 0.280 e. The summed E-state index contributed by atoms with van der Waals surface area (Å²) in [4.78, 5) is 12.0. The lowest BCUT2D eigenvalue weighted by Crippen LogP contribution is -2.34. The first-order valence-corrected chi connectivity index (χ1v) is 7.22. The zero-order chi connectivity index (χ0) is 16.1. The predicted octanol–water partition coefficient (Wildman–Crippen LogP) is 3.89. The fourth-order valence-electron chi connectivity index (χ4n) is 1.58. The lowest BCUT2D eigenvalue weighted by molar-refractivity contribution is -0.127. The third kappa shape index (κ3) is 4.26. The van der Waals surface area contributed by atoms with E-state index in [4.69, 9.17) is 32.4 Å². The molecule has 2 rings (SSSR count). The molecule has 1 amide bonds. The largest absolute Gasteiger partial charge is 0.479 e. The maximum Gasteiger partial charge on any atom is 0.280 e. The molecule has 7 heteroatoms. The minimum absolute atomic E-state index is 0.336. The van der Waals surface area contributed by atoms with Crippen LogP contribution in [0, 0.1) is 0 Å². The van der Waals surface area contributed by atoms with Gasteiger partial charge < -0.3 is 9.15 Å². The first-order valence-electron chi connectivity index (χ1n) is 6.47. The van der Waals surface area contributed by atoms with Crippen LogP contribution in [0.15, 0.2) is 46.1 Å². The number of hydrogen-bond acceptors (Lipinski definition) is 4. The summed E-state index contributed by atoms with van der Waals surface area (Å²) in [6.07, 6.45) is 0.761. The maximum absolute atomic E-state index is 12.0. The van der Waals surface area contributed by atoms with Gasteiger partial charge in [-0.2, -0.15) is 5.10 Å². The van der Waals surface area contributed by atoms with E-state index in [0.717, 1.165) is 0 Å². The molecule has 5 nitrogen and oxygen atoms in total. The van der Waals surface area contributed by atoms with Crippen LogP contribution in [-0.2, 0) is 4.79 Å². The van der Waals surface area contributed by atoms with Crippen LogP contribution < -0.4 is 10.2 Å². The van der Waals surface area contributed by atoms with Crippen LogP contribution in [0.1, 0.15) is 19.6 Å². The first kappa shape index (κ1) is 16.4. The van der Waals surface area contributed by atoms with Gasteiger partial charge in [0.2, 0.25) is 0 Å². The number of carbonyl (C=O) groups is 1. The van der Waals surface area contributed by atoms with Crippen LogP contribution in [0.5, 0.6) is 5.75 Å². The van der Waals surface area contributed by atoms with Gasteiger partial charge in [-0.05, 0) is 44.2 Å². The Bertz CT molecular complexity index is 684. The molecule has 0 spiro atoms. The van der Waals surface area contributed by atoms with E-state index in [1.807, 2.05) is 0 Å². The van der Waals surface area contributed by atoms with E-state index in [1.165, 1.54) is 6.26 Å². The van der Waals surface area contributed by atoms with Gasteiger partial charge in [0.1, 0.15) is 17.2 Å². The Labute approximate surface area is 137 Å². The summed E-state index contributed by atoms with van der Waals surface area (Å²) in [7, 11) is 0. The quantitative estimate of drug-likeness (QED) is 0.663. The summed E-state index contributed by atoms with van der Waals surface area (Å²) in [6, 6.07) is 8.27.